The molecule has 4 nitrogen and oxygen atoms in total. The van der Waals surface area contributed by atoms with E-state index in [2.05, 4.69) is 48.5 Å². The summed E-state index contributed by atoms with van der Waals surface area (Å²) in [6.07, 6.45) is 4.31. The highest BCUT2D eigenvalue weighted by molar-refractivity contribution is 5.33. The zero-order valence-electron chi connectivity index (χ0n) is 13.1. The molecule has 0 spiro atoms. The molecule has 1 saturated carbocycles. The SMILES string of the molecule is CCCNC(c1cnnn1-c1ccccc1)C1CC1(C)C. The Morgan fingerprint density at radius 2 is 2.05 bits per heavy atom. The lowest BCUT2D eigenvalue weighted by atomic mass is 10.0. The summed E-state index contributed by atoms with van der Waals surface area (Å²) in [7, 11) is 0. The van der Waals surface area contributed by atoms with Crippen LogP contribution in [0, 0.1) is 11.3 Å². The van der Waals surface area contributed by atoms with E-state index in [1.54, 1.807) is 0 Å². The first-order chi connectivity index (χ1) is 10.1. The standard InChI is InChI=1S/C17H24N4/c1-4-10-18-16(14-11-17(14,2)3)15-12-19-20-21(15)13-8-6-5-7-9-13/h5-9,12,14,16,18H,4,10-11H2,1-3H3. The quantitative estimate of drug-likeness (QED) is 0.884. The van der Waals surface area contributed by atoms with Crippen molar-refractivity contribution in [2.45, 2.75) is 39.7 Å². The Morgan fingerprint density at radius 1 is 1.33 bits per heavy atom. The second kappa shape index (κ2) is 5.60. The molecule has 2 aromatic rings. The molecule has 1 aromatic carbocycles. The van der Waals surface area contributed by atoms with Gasteiger partial charge >= 0.3 is 0 Å². The molecule has 4 heteroatoms. The van der Waals surface area contributed by atoms with E-state index in [0.717, 1.165) is 18.7 Å². The number of hydrogen-bond acceptors (Lipinski definition) is 3. The first-order valence-corrected chi connectivity index (χ1v) is 7.83. The first-order valence-electron chi connectivity index (χ1n) is 7.83. The van der Waals surface area contributed by atoms with Gasteiger partial charge in [0.05, 0.1) is 23.6 Å². The van der Waals surface area contributed by atoms with Gasteiger partial charge in [-0.25, -0.2) is 4.68 Å². The van der Waals surface area contributed by atoms with Gasteiger partial charge in [-0.2, -0.15) is 0 Å². The first kappa shape index (κ1) is 14.3. The van der Waals surface area contributed by atoms with Crippen LogP contribution in [-0.2, 0) is 0 Å². The fraction of sp³-hybridized carbons (Fsp3) is 0.529. The Hall–Kier alpha value is -1.68. The van der Waals surface area contributed by atoms with Gasteiger partial charge in [-0.3, -0.25) is 0 Å². The molecule has 1 heterocycles. The third-order valence-electron chi connectivity index (χ3n) is 4.50. The van der Waals surface area contributed by atoms with E-state index >= 15 is 0 Å². The summed E-state index contributed by atoms with van der Waals surface area (Å²) in [4.78, 5) is 0. The molecular weight excluding hydrogens is 260 g/mol. The van der Waals surface area contributed by atoms with Crippen molar-refractivity contribution in [2.75, 3.05) is 6.54 Å². The predicted octanol–water partition coefficient (Wildman–Crippen LogP) is 3.35. The minimum absolute atomic E-state index is 0.329. The summed E-state index contributed by atoms with van der Waals surface area (Å²) in [5.41, 5.74) is 2.66. The van der Waals surface area contributed by atoms with E-state index in [4.69, 9.17) is 0 Å². The molecule has 2 unspecified atom stereocenters. The van der Waals surface area contributed by atoms with Gasteiger partial charge in [0.25, 0.3) is 0 Å². The highest BCUT2D eigenvalue weighted by Crippen LogP contribution is 2.57. The van der Waals surface area contributed by atoms with E-state index in [-0.39, 0.29) is 0 Å². The molecule has 1 fully saturated rings. The van der Waals surface area contributed by atoms with Crippen molar-refractivity contribution in [3.63, 3.8) is 0 Å². The molecule has 1 aliphatic carbocycles. The van der Waals surface area contributed by atoms with Gasteiger partial charge in [-0.05, 0) is 42.9 Å². The van der Waals surface area contributed by atoms with E-state index in [1.807, 2.05) is 29.1 Å². The maximum atomic E-state index is 4.30. The van der Waals surface area contributed by atoms with Crippen LogP contribution in [-0.4, -0.2) is 21.5 Å². The van der Waals surface area contributed by atoms with Crippen molar-refractivity contribution in [3.05, 3.63) is 42.2 Å². The summed E-state index contributed by atoms with van der Waals surface area (Å²) < 4.78 is 1.97. The number of nitrogens with zero attached hydrogens (tertiary/aromatic N) is 3. The summed E-state index contributed by atoms with van der Waals surface area (Å²) in [5, 5.41) is 12.2. The Morgan fingerprint density at radius 3 is 2.67 bits per heavy atom. The Bertz CT molecular complexity index is 588. The van der Waals surface area contributed by atoms with Crippen LogP contribution in [0.1, 0.15) is 45.3 Å². The second-order valence-electron chi connectivity index (χ2n) is 6.64. The van der Waals surface area contributed by atoms with Gasteiger partial charge in [0, 0.05) is 0 Å². The number of aromatic nitrogens is 3. The lowest BCUT2D eigenvalue weighted by molar-refractivity contribution is 0.402. The third-order valence-corrected chi connectivity index (χ3v) is 4.50. The number of hydrogen-bond donors (Lipinski definition) is 1. The Labute approximate surface area is 126 Å². The minimum atomic E-state index is 0.329. The van der Waals surface area contributed by atoms with Crippen LogP contribution in [0.25, 0.3) is 5.69 Å². The van der Waals surface area contributed by atoms with Crippen LogP contribution in [0.4, 0.5) is 0 Å². The molecule has 3 rings (SSSR count). The highest BCUT2D eigenvalue weighted by Gasteiger charge is 2.51. The molecule has 2 atom stereocenters. The number of para-hydroxylation sites is 1. The smallest absolute Gasteiger partial charge is 0.0818 e. The fourth-order valence-corrected chi connectivity index (χ4v) is 3.05. The maximum absolute atomic E-state index is 4.30. The van der Waals surface area contributed by atoms with Gasteiger partial charge in [0.1, 0.15) is 0 Å². The highest BCUT2D eigenvalue weighted by atomic mass is 15.4. The van der Waals surface area contributed by atoms with Crippen LogP contribution < -0.4 is 5.32 Å². The second-order valence-corrected chi connectivity index (χ2v) is 6.64. The molecule has 0 aliphatic heterocycles. The average Bonchev–Trinajstić information content (AvgIpc) is 2.90. The van der Waals surface area contributed by atoms with Crippen LogP contribution in [0.15, 0.2) is 36.5 Å². The predicted molar refractivity (Wildman–Crippen MR) is 84.3 cm³/mol. The van der Waals surface area contributed by atoms with Gasteiger partial charge < -0.3 is 5.32 Å². The molecule has 112 valence electrons. The van der Waals surface area contributed by atoms with Crippen molar-refractivity contribution in [3.8, 4) is 5.69 Å². The number of nitrogens with one attached hydrogen (secondary N) is 1. The van der Waals surface area contributed by atoms with Crippen LogP contribution in [0.3, 0.4) is 0 Å². The third kappa shape index (κ3) is 2.86. The normalized spacial score (nSPS) is 21.2. The van der Waals surface area contributed by atoms with Gasteiger partial charge in [-0.1, -0.05) is 44.2 Å². The zero-order chi connectivity index (χ0) is 14.9. The van der Waals surface area contributed by atoms with Gasteiger partial charge in [0.15, 0.2) is 0 Å². The molecule has 1 aliphatic rings. The van der Waals surface area contributed by atoms with Crippen LogP contribution in [0.5, 0.6) is 0 Å². The van der Waals surface area contributed by atoms with E-state index in [0.29, 0.717) is 17.4 Å². The van der Waals surface area contributed by atoms with Crippen molar-refractivity contribution < 1.29 is 0 Å². The van der Waals surface area contributed by atoms with Gasteiger partial charge in [-0.15, -0.1) is 5.10 Å². The summed E-state index contributed by atoms with van der Waals surface area (Å²) in [6.45, 7) is 7.91. The molecular formula is C17H24N4. The Kier molecular flexibility index (Phi) is 3.81. The van der Waals surface area contributed by atoms with Crippen molar-refractivity contribution in [2.24, 2.45) is 11.3 Å². The van der Waals surface area contributed by atoms with E-state index < -0.39 is 0 Å². The lowest BCUT2D eigenvalue weighted by Crippen LogP contribution is -2.27. The largest absolute Gasteiger partial charge is 0.308 e. The van der Waals surface area contributed by atoms with E-state index in [1.165, 1.54) is 12.1 Å². The van der Waals surface area contributed by atoms with Crippen molar-refractivity contribution >= 4 is 0 Å². The molecule has 0 amide bonds. The van der Waals surface area contributed by atoms with Crippen molar-refractivity contribution in [1.82, 2.24) is 20.3 Å². The van der Waals surface area contributed by atoms with E-state index in [9.17, 15) is 0 Å². The fourth-order valence-electron chi connectivity index (χ4n) is 3.05. The number of rotatable bonds is 6. The van der Waals surface area contributed by atoms with Crippen LogP contribution >= 0.6 is 0 Å². The van der Waals surface area contributed by atoms with Crippen molar-refractivity contribution in [1.29, 1.82) is 0 Å². The summed E-state index contributed by atoms with van der Waals surface area (Å²) in [6, 6.07) is 10.6. The molecule has 0 saturated heterocycles. The molecule has 21 heavy (non-hydrogen) atoms. The molecule has 0 radical (unpaired) electrons. The average molecular weight is 284 g/mol. The maximum Gasteiger partial charge on any atom is 0.0818 e. The topological polar surface area (TPSA) is 42.7 Å². The monoisotopic (exact) mass is 284 g/mol. The zero-order valence-corrected chi connectivity index (χ0v) is 13.1. The van der Waals surface area contributed by atoms with Crippen LogP contribution in [0.2, 0.25) is 0 Å². The Balaban J connectivity index is 1.92. The molecule has 0 bridgehead atoms. The minimum Gasteiger partial charge on any atom is -0.308 e. The molecule has 1 N–H and O–H groups in total. The van der Waals surface area contributed by atoms with Gasteiger partial charge in [0.2, 0.25) is 0 Å². The number of benzene rings is 1. The lowest BCUT2D eigenvalue weighted by Gasteiger charge is -2.21. The summed E-state index contributed by atoms with van der Waals surface area (Å²) in [5.74, 6) is 0.657. The molecule has 1 aromatic heterocycles. The summed E-state index contributed by atoms with van der Waals surface area (Å²) >= 11 is 0.